The van der Waals surface area contributed by atoms with E-state index in [1.54, 1.807) is 6.07 Å². The predicted octanol–water partition coefficient (Wildman–Crippen LogP) is 6.67. The summed E-state index contributed by atoms with van der Waals surface area (Å²) in [7, 11) is 0. The molecule has 1 heterocycles. The fraction of sp³-hybridized carbons (Fsp3) is 0.172. The van der Waals surface area contributed by atoms with Crippen LogP contribution in [0.2, 0.25) is 0 Å². The van der Waals surface area contributed by atoms with Crippen LogP contribution in [0.25, 0.3) is 11.6 Å². The Balaban J connectivity index is 1.45. The van der Waals surface area contributed by atoms with E-state index in [4.69, 9.17) is 9.47 Å². The Kier molecular flexibility index (Phi) is 7.21. The molecule has 3 nitrogen and oxygen atoms in total. The maximum Gasteiger partial charge on any atom is 0.122 e. The van der Waals surface area contributed by atoms with Crippen LogP contribution in [0.4, 0.5) is 0 Å². The summed E-state index contributed by atoms with van der Waals surface area (Å²) >= 11 is 0. The van der Waals surface area contributed by atoms with Crippen LogP contribution in [0.3, 0.4) is 0 Å². The quantitative estimate of drug-likeness (QED) is 0.390. The molecule has 0 saturated heterocycles. The summed E-state index contributed by atoms with van der Waals surface area (Å²) in [4.78, 5) is 0. The summed E-state index contributed by atoms with van der Waals surface area (Å²) in [6, 6.07) is 27.5. The Morgan fingerprint density at radius 2 is 1.66 bits per heavy atom. The molecule has 0 radical (unpaired) electrons. The van der Waals surface area contributed by atoms with Gasteiger partial charge in [0.15, 0.2) is 0 Å². The summed E-state index contributed by atoms with van der Waals surface area (Å²) in [5.74, 6) is 1.12. The highest BCUT2D eigenvalue weighted by Gasteiger charge is 2.23. The van der Waals surface area contributed by atoms with E-state index in [0.29, 0.717) is 13.2 Å². The zero-order valence-electron chi connectivity index (χ0n) is 18.1. The van der Waals surface area contributed by atoms with Crippen LogP contribution in [0, 0.1) is 0 Å². The van der Waals surface area contributed by atoms with Gasteiger partial charge in [0.05, 0.1) is 12.7 Å². The van der Waals surface area contributed by atoms with Gasteiger partial charge in [-0.2, -0.15) is 0 Å². The van der Waals surface area contributed by atoms with Gasteiger partial charge >= 0.3 is 0 Å². The van der Waals surface area contributed by atoms with Gasteiger partial charge in [-0.15, -0.1) is 0 Å². The number of hydrogen-bond donors (Lipinski definition) is 1. The van der Waals surface area contributed by atoms with Crippen LogP contribution in [0.15, 0.2) is 109 Å². The number of para-hydroxylation sites is 2. The van der Waals surface area contributed by atoms with Crippen molar-refractivity contribution in [2.24, 2.45) is 0 Å². The van der Waals surface area contributed by atoms with Gasteiger partial charge in [0.1, 0.15) is 18.1 Å². The second-order valence-corrected chi connectivity index (χ2v) is 7.82. The normalized spacial score (nSPS) is 15.9. The fourth-order valence-electron chi connectivity index (χ4n) is 3.89. The molecule has 0 bridgehead atoms. The number of phenolic OH excluding ortho intramolecular Hbond substituents is 1. The highest BCUT2D eigenvalue weighted by molar-refractivity contribution is 5.83. The second-order valence-electron chi connectivity index (χ2n) is 7.82. The summed E-state index contributed by atoms with van der Waals surface area (Å²) < 4.78 is 11.9. The third-order valence-corrected chi connectivity index (χ3v) is 5.60. The van der Waals surface area contributed by atoms with Crippen LogP contribution < -0.4 is 4.74 Å². The Morgan fingerprint density at radius 1 is 0.969 bits per heavy atom. The maximum atomic E-state index is 10.3. The zero-order chi connectivity index (χ0) is 22.2. The minimum Gasteiger partial charge on any atom is -0.507 e. The van der Waals surface area contributed by atoms with Crippen molar-refractivity contribution in [3.8, 4) is 11.5 Å². The van der Waals surface area contributed by atoms with Gasteiger partial charge in [0.25, 0.3) is 0 Å². The van der Waals surface area contributed by atoms with Gasteiger partial charge in [-0.25, -0.2) is 0 Å². The van der Waals surface area contributed by atoms with E-state index in [0.717, 1.165) is 46.4 Å². The van der Waals surface area contributed by atoms with Crippen LogP contribution >= 0.6 is 0 Å². The molecule has 162 valence electrons. The van der Waals surface area contributed by atoms with E-state index in [9.17, 15) is 5.11 Å². The molecule has 3 aromatic carbocycles. The third-order valence-electron chi connectivity index (χ3n) is 5.60. The molecule has 1 N–H and O–H groups in total. The van der Waals surface area contributed by atoms with E-state index in [1.807, 2.05) is 66.7 Å². The first-order valence-electron chi connectivity index (χ1n) is 10.9. The van der Waals surface area contributed by atoms with Crippen LogP contribution in [-0.2, 0) is 4.74 Å². The molecule has 1 unspecified atom stereocenters. The molecule has 3 aromatic rings. The second kappa shape index (κ2) is 10.7. The molecule has 0 aliphatic carbocycles. The molecular formula is C29H28O3. The molecule has 0 amide bonds. The fourth-order valence-corrected chi connectivity index (χ4v) is 3.89. The Bertz CT molecular complexity index is 1100. The van der Waals surface area contributed by atoms with Crippen molar-refractivity contribution in [2.45, 2.75) is 18.9 Å². The number of ether oxygens (including phenoxy) is 2. The molecule has 1 aliphatic rings. The summed E-state index contributed by atoms with van der Waals surface area (Å²) in [6.07, 6.45) is 5.79. The van der Waals surface area contributed by atoms with Crippen LogP contribution in [0.5, 0.6) is 11.5 Å². The van der Waals surface area contributed by atoms with Gasteiger partial charge in [-0.1, -0.05) is 79.4 Å². The minimum absolute atomic E-state index is 0.0154. The number of benzene rings is 3. The molecule has 0 saturated carbocycles. The van der Waals surface area contributed by atoms with Crippen molar-refractivity contribution in [1.82, 2.24) is 0 Å². The molecule has 0 fully saturated rings. The van der Waals surface area contributed by atoms with Crippen molar-refractivity contribution in [2.75, 3.05) is 13.2 Å². The van der Waals surface area contributed by atoms with E-state index in [2.05, 4.69) is 30.9 Å². The minimum atomic E-state index is -0.0154. The highest BCUT2D eigenvalue weighted by atomic mass is 16.5. The lowest BCUT2D eigenvalue weighted by atomic mass is 9.93. The van der Waals surface area contributed by atoms with Gasteiger partial charge in [-0.3, -0.25) is 0 Å². The average Bonchev–Trinajstić information content (AvgIpc) is 3.31. The number of aromatic hydroxyl groups is 1. The molecular weight excluding hydrogens is 396 g/mol. The first-order valence-corrected chi connectivity index (χ1v) is 10.9. The maximum absolute atomic E-state index is 10.3. The highest BCUT2D eigenvalue weighted by Crippen LogP contribution is 2.31. The molecule has 0 aromatic heterocycles. The lowest BCUT2D eigenvalue weighted by molar-refractivity contribution is 0.117. The lowest BCUT2D eigenvalue weighted by Crippen LogP contribution is -2.14. The molecule has 32 heavy (non-hydrogen) atoms. The first-order chi connectivity index (χ1) is 15.7. The van der Waals surface area contributed by atoms with Crippen molar-refractivity contribution in [1.29, 1.82) is 0 Å². The van der Waals surface area contributed by atoms with Crippen molar-refractivity contribution >= 4 is 11.6 Å². The number of hydrogen-bond acceptors (Lipinski definition) is 3. The predicted molar refractivity (Wildman–Crippen MR) is 131 cm³/mol. The van der Waals surface area contributed by atoms with E-state index in [-0.39, 0.29) is 11.9 Å². The largest absolute Gasteiger partial charge is 0.507 e. The monoisotopic (exact) mass is 424 g/mol. The average molecular weight is 425 g/mol. The Morgan fingerprint density at radius 3 is 2.41 bits per heavy atom. The molecule has 0 spiro atoms. The molecule has 1 atom stereocenters. The SMILES string of the molecule is C=C(COc1ccccc1)C1=CCOC1CC/C(=C/c1ccccc1O)c1ccccc1. The first kappa shape index (κ1) is 21.7. The van der Waals surface area contributed by atoms with E-state index >= 15 is 0 Å². The van der Waals surface area contributed by atoms with Gasteiger partial charge in [0.2, 0.25) is 0 Å². The standard InChI is InChI=1S/C29H28O3/c1-22(21-32-26-13-6-3-7-14-26)27-18-19-31-29(27)17-16-24(23-10-4-2-5-11-23)20-25-12-8-9-15-28(25)30/h2-15,18,20,29-30H,1,16-17,19,21H2/b24-20-. The lowest BCUT2D eigenvalue weighted by Gasteiger charge is -2.18. The van der Waals surface area contributed by atoms with Gasteiger partial charge < -0.3 is 14.6 Å². The molecule has 4 rings (SSSR count). The third kappa shape index (κ3) is 5.57. The van der Waals surface area contributed by atoms with Crippen LogP contribution in [-0.4, -0.2) is 24.4 Å². The number of phenols is 1. The van der Waals surface area contributed by atoms with Crippen molar-refractivity contribution in [3.63, 3.8) is 0 Å². The van der Waals surface area contributed by atoms with Crippen molar-refractivity contribution < 1.29 is 14.6 Å². The van der Waals surface area contributed by atoms with Crippen molar-refractivity contribution in [3.05, 3.63) is 120 Å². The smallest absolute Gasteiger partial charge is 0.122 e. The van der Waals surface area contributed by atoms with Crippen LogP contribution in [0.1, 0.15) is 24.0 Å². The van der Waals surface area contributed by atoms with E-state index < -0.39 is 0 Å². The van der Waals surface area contributed by atoms with Gasteiger partial charge in [0, 0.05) is 5.56 Å². The summed E-state index contributed by atoms with van der Waals surface area (Å²) in [6.45, 7) is 5.28. The van der Waals surface area contributed by atoms with Gasteiger partial charge in [-0.05, 0) is 59.4 Å². The zero-order valence-corrected chi connectivity index (χ0v) is 18.1. The summed E-state index contributed by atoms with van der Waals surface area (Å²) in [5, 5.41) is 10.3. The Hall–Kier alpha value is -3.56. The summed E-state index contributed by atoms with van der Waals surface area (Å²) in [5.41, 5.74) is 5.19. The van der Waals surface area contributed by atoms with E-state index in [1.165, 1.54) is 0 Å². The number of rotatable bonds is 9. The number of allylic oxidation sites excluding steroid dienone is 1. The topological polar surface area (TPSA) is 38.7 Å². The Labute approximate surface area is 190 Å². The molecule has 3 heteroatoms. The molecule has 1 aliphatic heterocycles.